The second-order valence-corrected chi connectivity index (χ2v) is 6.11. The molecule has 24 heavy (non-hydrogen) atoms. The first kappa shape index (κ1) is 16.6. The lowest BCUT2D eigenvalue weighted by molar-refractivity contribution is 0.0642. The Bertz CT molecular complexity index is 682. The maximum atomic E-state index is 13.2. The zero-order valence-corrected chi connectivity index (χ0v) is 13.5. The third kappa shape index (κ3) is 4.61. The predicted octanol–water partition coefficient (Wildman–Crippen LogP) is 2.97. The van der Waals surface area contributed by atoms with E-state index in [0.717, 1.165) is 37.3 Å². The summed E-state index contributed by atoms with van der Waals surface area (Å²) < 4.78 is 18.5. The average molecular weight is 328 g/mol. The second kappa shape index (κ2) is 8.02. The van der Waals surface area contributed by atoms with Crippen molar-refractivity contribution in [3.05, 3.63) is 65.2 Å². The van der Waals surface area contributed by atoms with Gasteiger partial charge >= 0.3 is 0 Å². The predicted molar refractivity (Wildman–Crippen MR) is 89.3 cm³/mol. The van der Waals surface area contributed by atoms with Crippen molar-refractivity contribution in [2.75, 3.05) is 19.8 Å². The molecule has 4 nitrogen and oxygen atoms in total. The lowest BCUT2D eigenvalue weighted by Crippen LogP contribution is -2.32. The maximum Gasteiger partial charge on any atom is 0.252 e. The van der Waals surface area contributed by atoms with Crippen LogP contribution in [0.3, 0.4) is 0 Å². The van der Waals surface area contributed by atoms with Crippen LogP contribution in [0.25, 0.3) is 0 Å². The normalized spacial score (nSPS) is 15.2. The first-order valence-electron chi connectivity index (χ1n) is 8.26. The number of halogens is 1. The van der Waals surface area contributed by atoms with Crippen LogP contribution >= 0.6 is 0 Å². The Morgan fingerprint density at radius 3 is 2.79 bits per heavy atom. The number of hydrogen-bond donors (Lipinski definition) is 1. The molecule has 1 aromatic heterocycles. The molecule has 0 bridgehead atoms. The summed E-state index contributed by atoms with van der Waals surface area (Å²) in [6, 6.07) is 10.0. The van der Waals surface area contributed by atoms with Gasteiger partial charge in [0.05, 0.1) is 5.56 Å². The molecule has 3 rings (SSSR count). The number of nitrogens with zero attached hydrogens (tertiary/aromatic N) is 1. The number of ether oxygens (including phenoxy) is 1. The van der Waals surface area contributed by atoms with E-state index in [1.807, 2.05) is 12.1 Å². The lowest BCUT2D eigenvalue weighted by Gasteiger charge is -2.22. The largest absolute Gasteiger partial charge is 0.381 e. The summed E-state index contributed by atoms with van der Waals surface area (Å²) in [6.07, 6.45) is 4.10. The van der Waals surface area contributed by atoms with Gasteiger partial charge in [0.15, 0.2) is 0 Å². The second-order valence-electron chi connectivity index (χ2n) is 6.11. The summed E-state index contributed by atoms with van der Waals surface area (Å²) in [6.45, 7) is 2.22. The topological polar surface area (TPSA) is 51.2 Å². The molecule has 1 saturated heterocycles. The molecule has 1 aliphatic heterocycles. The highest BCUT2D eigenvalue weighted by atomic mass is 19.1. The molecule has 1 aromatic carbocycles. The number of carbonyl (C=O) groups is 1. The Kier molecular flexibility index (Phi) is 5.54. The van der Waals surface area contributed by atoms with E-state index < -0.39 is 0 Å². The molecule has 1 amide bonds. The molecule has 2 aromatic rings. The first-order valence-corrected chi connectivity index (χ1v) is 8.26. The van der Waals surface area contributed by atoms with Gasteiger partial charge in [-0.1, -0.05) is 12.1 Å². The van der Waals surface area contributed by atoms with Crippen molar-refractivity contribution in [2.24, 2.45) is 5.92 Å². The summed E-state index contributed by atoms with van der Waals surface area (Å²) in [4.78, 5) is 16.5. The van der Waals surface area contributed by atoms with Gasteiger partial charge < -0.3 is 10.1 Å². The van der Waals surface area contributed by atoms with Gasteiger partial charge in [-0.15, -0.1) is 0 Å². The van der Waals surface area contributed by atoms with Crippen LogP contribution in [-0.2, 0) is 11.2 Å². The smallest absolute Gasteiger partial charge is 0.252 e. The van der Waals surface area contributed by atoms with Crippen molar-refractivity contribution in [2.45, 2.75) is 19.3 Å². The summed E-state index contributed by atoms with van der Waals surface area (Å²) in [7, 11) is 0. The number of benzene rings is 1. The SMILES string of the molecule is O=C(NCC1CCOCC1)c1ccc(Cc2cccc(F)c2)nc1. The number of rotatable bonds is 5. The number of nitrogens with one attached hydrogen (secondary N) is 1. The third-order valence-electron chi connectivity index (χ3n) is 4.25. The van der Waals surface area contributed by atoms with Gasteiger partial charge in [0.2, 0.25) is 0 Å². The van der Waals surface area contributed by atoms with Crippen LogP contribution < -0.4 is 5.32 Å². The molecule has 0 radical (unpaired) electrons. The van der Waals surface area contributed by atoms with E-state index in [1.54, 1.807) is 18.3 Å². The van der Waals surface area contributed by atoms with E-state index in [4.69, 9.17) is 4.74 Å². The Morgan fingerprint density at radius 2 is 2.08 bits per heavy atom. The van der Waals surface area contributed by atoms with E-state index in [9.17, 15) is 9.18 Å². The number of hydrogen-bond acceptors (Lipinski definition) is 3. The lowest BCUT2D eigenvalue weighted by atomic mass is 10.0. The summed E-state index contributed by atoms with van der Waals surface area (Å²) in [5.41, 5.74) is 2.21. The molecular weight excluding hydrogens is 307 g/mol. The Balaban J connectivity index is 1.54. The molecular formula is C19H21FN2O2. The molecule has 1 fully saturated rings. The fourth-order valence-corrected chi connectivity index (χ4v) is 2.81. The molecule has 0 unspecified atom stereocenters. The van der Waals surface area contributed by atoms with E-state index in [0.29, 0.717) is 24.4 Å². The molecule has 0 aliphatic carbocycles. The highest BCUT2D eigenvalue weighted by Crippen LogP contribution is 2.14. The van der Waals surface area contributed by atoms with Crippen LogP contribution in [-0.4, -0.2) is 30.6 Å². The van der Waals surface area contributed by atoms with Crippen LogP contribution in [0.4, 0.5) is 4.39 Å². The van der Waals surface area contributed by atoms with E-state index in [-0.39, 0.29) is 11.7 Å². The number of aromatic nitrogens is 1. The van der Waals surface area contributed by atoms with Crippen LogP contribution in [0.5, 0.6) is 0 Å². The van der Waals surface area contributed by atoms with E-state index >= 15 is 0 Å². The van der Waals surface area contributed by atoms with Crippen LogP contribution in [0.15, 0.2) is 42.6 Å². The molecule has 126 valence electrons. The fraction of sp³-hybridized carbons (Fsp3) is 0.368. The third-order valence-corrected chi connectivity index (χ3v) is 4.25. The van der Waals surface area contributed by atoms with Gasteiger partial charge in [0.1, 0.15) is 5.82 Å². The highest BCUT2D eigenvalue weighted by molar-refractivity contribution is 5.93. The van der Waals surface area contributed by atoms with Gasteiger partial charge in [-0.25, -0.2) is 4.39 Å². The summed E-state index contributed by atoms with van der Waals surface area (Å²) in [5.74, 6) is 0.130. The summed E-state index contributed by atoms with van der Waals surface area (Å²) in [5, 5.41) is 2.96. The number of carbonyl (C=O) groups excluding carboxylic acids is 1. The zero-order valence-electron chi connectivity index (χ0n) is 13.5. The molecule has 1 N–H and O–H groups in total. The Hall–Kier alpha value is -2.27. The van der Waals surface area contributed by atoms with Crippen molar-refractivity contribution in [3.8, 4) is 0 Å². The minimum Gasteiger partial charge on any atom is -0.381 e. The summed E-state index contributed by atoms with van der Waals surface area (Å²) >= 11 is 0. The van der Waals surface area contributed by atoms with Crippen molar-refractivity contribution < 1.29 is 13.9 Å². The van der Waals surface area contributed by atoms with E-state index in [1.165, 1.54) is 12.1 Å². The fourth-order valence-electron chi connectivity index (χ4n) is 2.81. The van der Waals surface area contributed by atoms with Gasteiger partial charge in [-0.2, -0.15) is 0 Å². The van der Waals surface area contributed by atoms with Gasteiger partial charge in [0.25, 0.3) is 5.91 Å². The van der Waals surface area contributed by atoms with Crippen molar-refractivity contribution in [1.29, 1.82) is 0 Å². The molecule has 1 aliphatic rings. The Morgan fingerprint density at radius 1 is 1.25 bits per heavy atom. The van der Waals surface area contributed by atoms with Crippen molar-refractivity contribution in [1.82, 2.24) is 10.3 Å². The van der Waals surface area contributed by atoms with E-state index in [2.05, 4.69) is 10.3 Å². The molecule has 0 atom stereocenters. The molecule has 0 spiro atoms. The highest BCUT2D eigenvalue weighted by Gasteiger charge is 2.15. The minimum absolute atomic E-state index is 0.105. The average Bonchev–Trinajstić information content (AvgIpc) is 2.61. The molecule has 0 saturated carbocycles. The monoisotopic (exact) mass is 328 g/mol. The van der Waals surface area contributed by atoms with Crippen molar-refractivity contribution in [3.63, 3.8) is 0 Å². The van der Waals surface area contributed by atoms with Gasteiger partial charge in [0, 0.05) is 38.1 Å². The molecule has 2 heterocycles. The van der Waals surface area contributed by atoms with Crippen LogP contribution in [0.2, 0.25) is 0 Å². The number of amides is 1. The minimum atomic E-state index is -0.253. The quantitative estimate of drug-likeness (QED) is 0.918. The zero-order chi connectivity index (χ0) is 16.8. The van der Waals surface area contributed by atoms with Crippen LogP contribution in [0, 0.1) is 11.7 Å². The first-order chi connectivity index (χ1) is 11.7. The standard InChI is InChI=1S/C19H21FN2O2/c20-17-3-1-2-15(10-17)11-18-5-4-16(13-21-18)19(23)22-12-14-6-8-24-9-7-14/h1-5,10,13-14H,6-9,11-12H2,(H,22,23). The van der Waals surface area contributed by atoms with Gasteiger partial charge in [-0.3, -0.25) is 9.78 Å². The van der Waals surface area contributed by atoms with Gasteiger partial charge in [-0.05, 0) is 48.6 Å². The van der Waals surface area contributed by atoms with Crippen LogP contribution in [0.1, 0.15) is 34.5 Å². The molecule has 5 heteroatoms. The van der Waals surface area contributed by atoms with Crippen molar-refractivity contribution >= 4 is 5.91 Å². The number of pyridine rings is 1. The Labute approximate surface area is 141 Å². The maximum absolute atomic E-state index is 13.2.